The first-order valence-corrected chi connectivity index (χ1v) is 9.61. The van der Waals surface area contributed by atoms with Gasteiger partial charge < -0.3 is 14.1 Å². The first kappa shape index (κ1) is 19.9. The zero-order valence-corrected chi connectivity index (χ0v) is 16.4. The van der Waals surface area contributed by atoms with Crippen LogP contribution < -0.4 is 4.74 Å². The van der Waals surface area contributed by atoms with Gasteiger partial charge in [0.25, 0.3) is 11.1 Å². The summed E-state index contributed by atoms with van der Waals surface area (Å²) in [4.78, 5) is 13.8. The summed E-state index contributed by atoms with van der Waals surface area (Å²) in [6.45, 7) is 2.57. The molecule has 0 unspecified atom stereocenters. The van der Waals surface area contributed by atoms with E-state index in [1.165, 1.54) is 23.9 Å². The summed E-state index contributed by atoms with van der Waals surface area (Å²) in [6, 6.07) is 13.7. The standard InChI is InChI=1S/C20H20FN3O3S/c1-14-3-9-17(10-4-14)26-12-18-22-23-20(27-18)28-13-19(25)24(2)11-15-5-7-16(21)8-6-15/h3-10H,11-13H2,1-2H3. The Morgan fingerprint density at radius 2 is 1.86 bits per heavy atom. The van der Waals surface area contributed by atoms with Crippen LogP contribution in [-0.4, -0.2) is 33.8 Å². The molecular formula is C20H20FN3O3S. The topological polar surface area (TPSA) is 68.5 Å². The van der Waals surface area contributed by atoms with Gasteiger partial charge in [-0.2, -0.15) is 0 Å². The van der Waals surface area contributed by atoms with Gasteiger partial charge in [-0.15, -0.1) is 10.2 Å². The molecule has 0 radical (unpaired) electrons. The molecule has 0 aliphatic heterocycles. The average Bonchev–Trinajstić information content (AvgIpc) is 3.15. The first-order chi connectivity index (χ1) is 13.5. The summed E-state index contributed by atoms with van der Waals surface area (Å²) in [5.41, 5.74) is 2.01. The van der Waals surface area contributed by atoms with Gasteiger partial charge >= 0.3 is 0 Å². The SMILES string of the molecule is Cc1ccc(OCc2nnc(SCC(=O)N(C)Cc3ccc(F)cc3)o2)cc1. The number of rotatable bonds is 8. The third-order valence-corrected chi connectivity index (χ3v) is 4.71. The van der Waals surface area contributed by atoms with E-state index in [1.54, 1.807) is 24.1 Å². The van der Waals surface area contributed by atoms with Crippen molar-refractivity contribution in [3.05, 3.63) is 71.4 Å². The zero-order valence-electron chi connectivity index (χ0n) is 15.6. The van der Waals surface area contributed by atoms with Crippen molar-refractivity contribution in [1.82, 2.24) is 15.1 Å². The van der Waals surface area contributed by atoms with E-state index in [4.69, 9.17) is 9.15 Å². The van der Waals surface area contributed by atoms with Gasteiger partial charge in [0.1, 0.15) is 11.6 Å². The molecule has 0 fully saturated rings. The lowest BCUT2D eigenvalue weighted by molar-refractivity contribution is -0.127. The van der Waals surface area contributed by atoms with Crippen molar-refractivity contribution in [1.29, 1.82) is 0 Å². The van der Waals surface area contributed by atoms with Crippen LogP contribution >= 0.6 is 11.8 Å². The van der Waals surface area contributed by atoms with Crippen LogP contribution in [0.2, 0.25) is 0 Å². The van der Waals surface area contributed by atoms with Crippen molar-refractivity contribution in [2.45, 2.75) is 25.3 Å². The number of aromatic nitrogens is 2. The molecule has 6 nitrogen and oxygen atoms in total. The van der Waals surface area contributed by atoms with E-state index < -0.39 is 0 Å². The smallest absolute Gasteiger partial charge is 0.277 e. The number of thioether (sulfide) groups is 1. The highest BCUT2D eigenvalue weighted by Gasteiger charge is 2.14. The van der Waals surface area contributed by atoms with Crippen molar-refractivity contribution in [3.8, 4) is 5.75 Å². The third kappa shape index (κ3) is 5.82. The van der Waals surface area contributed by atoms with Gasteiger partial charge in [-0.05, 0) is 36.8 Å². The molecule has 0 bridgehead atoms. The molecule has 8 heteroatoms. The van der Waals surface area contributed by atoms with Gasteiger partial charge in [0.05, 0.1) is 5.75 Å². The minimum Gasteiger partial charge on any atom is -0.484 e. The molecule has 1 heterocycles. The van der Waals surface area contributed by atoms with Crippen LogP contribution in [0.3, 0.4) is 0 Å². The van der Waals surface area contributed by atoms with Crippen LogP contribution in [0.5, 0.6) is 5.75 Å². The van der Waals surface area contributed by atoms with Crippen LogP contribution in [0, 0.1) is 12.7 Å². The largest absolute Gasteiger partial charge is 0.484 e. The number of nitrogens with zero attached hydrogens (tertiary/aromatic N) is 3. The molecule has 0 spiro atoms. The number of aryl methyl sites for hydroxylation is 1. The van der Waals surface area contributed by atoms with Crippen molar-refractivity contribution < 1.29 is 18.3 Å². The molecule has 0 aliphatic rings. The number of amides is 1. The molecule has 0 saturated carbocycles. The second-order valence-electron chi connectivity index (χ2n) is 6.23. The number of ether oxygens (including phenoxy) is 1. The minimum absolute atomic E-state index is 0.0926. The third-order valence-electron chi connectivity index (χ3n) is 3.91. The summed E-state index contributed by atoms with van der Waals surface area (Å²) >= 11 is 1.17. The zero-order chi connectivity index (χ0) is 19.9. The number of carbonyl (C=O) groups excluding carboxylic acids is 1. The Balaban J connectivity index is 1.44. The van der Waals surface area contributed by atoms with E-state index in [2.05, 4.69) is 10.2 Å². The second kappa shape index (κ2) is 9.36. The fraction of sp³-hybridized carbons (Fsp3) is 0.250. The van der Waals surface area contributed by atoms with E-state index in [-0.39, 0.29) is 24.1 Å². The Bertz CT molecular complexity index is 913. The lowest BCUT2D eigenvalue weighted by Gasteiger charge is -2.16. The highest BCUT2D eigenvalue weighted by atomic mass is 32.2. The monoisotopic (exact) mass is 401 g/mol. The molecule has 3 aromatic rings. The van der Waals surface area contributed by atoms with Crippen molar-refractivity contribution in [3.63, 3.8) is 0 Å². The van der Waals surface area contributed by atoms with E-state index in [0.717, 1.165) is 16.9 Å². The van der Waals surface area contributed by atoms with Crippen LogP contribution in [0.1, 0.15) is 17.0 Å². The van der Waals surface area contributed by atoms with Gasteiger partial charge in [0.2, 0.25) is 5.91 Å². The van der Waals surface area contributed by atoms with Gasteiger partial charge in [0, 0.05) is 13.6 Å². The van der Waals surface area contributed by atoms with Crippen LogP contribution in [0.25, 0.3) is 0 Å². The van der Waals surface area contributed by atoms with Crippen LogP contribution in [0.15, 0.2) is 58.2 Å². The highest BCUT2D eigenvalue weighted by molar-refractivity contribution is 7.99. The Hall–Kier alpha value is -2.87. The second-order valence-corrected chi connectivity index (χ2v) is 7.15. The number of benzene rings is 2. The van der Waals surface area contributed by atoms with Crippen molar-refractivity contribution in [2.75, 3.05) is 12.8 Å². The number of hydrogen-bond acceptors (Lipinski definition) is 6. The molecule has 0 N–H and O–H groups in total. The molecule has 28 heavy (non-hydrogen) atoms. The normalized spacial score (nSPS) is 10.7. The summed E-state index contributed by atoms with van der Waals surface area (Å²) < 4.78 is 24.0. The quantitative estimate of drug-likeness (QED) is 0.534. The van der Waals surface area contributed by atoms with E-state index in [1.807, 2.05) is 31.2 Å². The van der Waals surface area contributed by atoms with E-state index in [9.17, 15) is 9.18 Å². The van der Waals surface area contributed by atoms with Crippen molar-refractivity contribution >= 4 is 17.7 Å². The molecule has 1 amide bonds. The summed E-state index contributed by atoms with van der Waals surface area (Å²) in [5.74, 6) is 0.834. The fourth-order valence-electron chi connectivity index (χ4n) is 2.32. The molecule has 1 aromatic heterocycles. The minimum atomic E-state index is -0.299. The highest BCUT2D eigenvalue weighted by Crippen LogP contribution is 2.19. The van der Waals surface area contributed by atoms with E-state index in [0.29, 0.717) is 17.7 Å². The Labute approximate surface area is 166 Å². The molecule has 3 rings (SSSR count). The maximum atomic E-state index is 12.9. The summed E-state index contributed by atoms with van der Waals surface area (Å²) in [6.07, 6.45) is 0. The lowest BCUT2D eigenvalue weighted by Crippen LogP contribution is -2.27. The molecule has 146 valence electrons. The summed E-state index contributed by atoms with van der Waals surface area (Å²) in [7, 11) is 1.70. The van der Waals surface area contributed by atoms with Gasteiger partial charge in [-0.25, -0.2) is 4.39 Å². The fourth-order valence-corrected chi connectivity index (χ4v) is 3.04. The maximum Gasteiger partial charge on any atom is 0.277 e. The molecule has 0 saturated heterocycles. The average molecular weight is 401 g/mol. The van der Waals surface area contributed by atoms with Gasteiger partial charge in [-0.1, -0.05) is 41.6 Å². The maximum absolute atomic E-state index is 12.9. The molecule has 0 atom stereocenters. The lowest BCUT2D eigenvalue weighted by atomic mass is 10.2. The van der Waals surface area contributed by atoms with E-state index >= 15 is 0 Å². The molecular weight excluding hydrogens is 381 g/mol. The molecule has 0 aliphatic carbocycles. The summed E-state index contributed by atoms with van der Waals surface area (Å²) in [5, 5.41) is 8.16. The van der Waals surface area contributed by atoms with Crippen LogP contribution in [-0.2, 0) is 17.9 Å². The van der Waals surface area contributed by atoms with Crippen molar-refractivity contribution in [2.24, 2.45) is 0 Å². The van der Waals surface area contributed by atoms with Gasteiger partial charge in [-0.3, -0.25) is 4.79 Å². The van der Waals surface area contributed by atoms with Gasteiger partial charge in [0.15, 0.2) is 6.61 Å². The number of halogens is 1. The first-order valence-electron chi connectivity index (χ1n) is 8.62. The number of carbonyl (C=O) groups is 1. The Kier molecular flexibility index (Phi) is 6.65. The predicted octanol–water partition coefficient (Wildman–Crippen LogP) is 3.85. The Morgan fingerprint density at radius 1 is 1.14 bits per heavy atom. The van der Waals surface area contributed by atoms with Crippen LogP contribution in [0.4, 0.5) is 4.39 Å². The Morgan fingerprint density at radius 3 is 2.57 bits per heavy atom. The molecule has 2 aromatic carbocycles. The predicted molar refractivity (Wildman–Crippen MR) is 103 cm³/mol. The number of hydrogen-bond donors (Lipinski definition) is 0.